The van der Waals surface area contributed by atoms with Gasteiger partial charge in [0.25, 0.3) is 5.91 Å². The van der Waals surface area contributed by atoms with Crippen LogP contribution in [0.3, 0.4) is 0 Å². The van der Waals surface area contributed by atoms with Crippen molar-refractivity contribution in [3.8, 4) is 5.75 Å². The van der Waals surface area contributed by atoms with E-state index in [-0.39, 0.29) is 16.7 Å². The third-order valence-electron chi connectivity index (χ3n) is 1.92. The summed E-state index contributed by atoms with van der Waals surface area (Å²) in [4.78, 5) is 15.5. The van der Waals surface area contributed by atoms with Crippen LogP contribution in [-0.2, 0) is 0 Å². The summed E-state index contributed by atoms with van der Waals surface area (Å²) in [5.41, 5.74) is 0.292. The first-order chi connectivity index (χ1) is 8.16. The van der Waals surface area contributed by atoms with Crippen LogP contribution in [0.2, 0.25) is 5.02 Å². The predicted octanol–water partition coefficient (Wildman–Crippen LogP) is 1.48. The van der Waals surface area contributed by atoms with Gasteiger partial charge < -0.3 is 5.11 Å². The zero-order valence-electron chi connectivity index (χ0n) is 8.46. The Balaban J connectivity index is 2.18. The molecule has 2 aromatic rings. The molecule has 0 unspecified atom stereocenters. The Labute approximate surface area is 101 Å². The Morgan fingerprint density at radius 3 is 2.82 bits per heavy atom. The Bertz CT molecular complexity index is 547. The van der Waals surface area contributed by atoms with Gasteiger partial charge >= 0.3 is 0 Å². The van der Waals surface area contributed by atoms with Crippen LogP contribution in [0.25, 0.3) is 0 Å². The molecule has 1 amide bonds. The smallest absolute Gasteiger partial charge is 0.258 e. The van der Waals surface area contributed by atoms with Gasteiger partial charge in [0.2, 0.25) is 5.95 Å². The molecule has 86 valence electrons. The average Bonchev–Trinajstić information content (AvgIpc) is 2.34. The fourth-order valence-electron chi connectivity index (χ4n) is 1.13. The number of anilines is 1. The van der Waals surface area contributed by atoms with E-state index in [2.05, 4.69) is 20.5 Å². The van der Waals surface area contributed by atoms with Crippen LogP contribution in [0.4, 0.5) is 5.95 Å². The SMILES string of the molecule is O=C(Nc1nccnn1)c1ccc(O)c(Cl)c1. The van der Waals surface area contributed by atoms with Gasteiger partial charge in [-0.3, -0.25) is 10.1 Å². The van der Waals surface area contributed by atoms with Crippen molar-refractivity contribution in [3.63, 3.8) is 0 Å². The number of nitrogens with one attached hydrogen (secondary N) is 1. The normalized spacial score (nSPS) is 9.94. The first-order valence-corrected chi connectivity index (χ1v) is 4.98. The lowest BCUT2D eigenvalue weighted by molar-refractivity contribution is 0.102. The Kier molecular flexibility index (Phi) is 3.15. The molecule has 2 rings (SSSR count). The lowest BCUT2D eigenvalue weighted by atomic mass is 10.2. The third kappa shape index (κ3) is 2.67. The van der Waals surface area contributed by atoms with Crippen LogP contribution in [0, 0.1) is 0 Å². The van der Waals surface area contributed by atoms with Crippen molar-refractivity contribution in [1.29, 1.82) is 0 Å². The maximum atomic E-state index is 11.7. The van der Waals surface area contributed by atoms with Gasteiger partial charge in [0.15, 0.2) is 0 Å². The Morgan fingerprint density at radius 1 is 1.35 bits per heavy atom. The monoisotopic (exact) mass is 250 g/mol. The molecule has 1 aromatic heterocycles. The molecule has 0 atom stereocenters. The van der Waals surface area contributed by atoms with Crippen molar-refractivity contribution in [2.24, 2.45) is 0 Å². The summed E-state index contributed by atoms with van der Waals surface area (Å²) in [7, 11) is 0. The Morgan fingerprint density at radius 2 is 2.18 bits per heavy atom. The molecule has 7 heteroatoms. The van der Waals surface area contributed by atoms with Gasteiger partial charge in [-0.2, -0.15) is 5.10 Å². The van der Waals surface area contributed by atoms with E-state index in [0.29, 0.717) is 5.56 Å². The number of hydrogen-bond donors (Lipinski definition) is 2. The molecule has 0 bridgehead atoms. The van der Waals surface area contributed by atoms with Gasteiger partial charge in [-0.1, -0.05) is 11.6 Å². The number of rotatable bonds is 2. The summed E-state index contributed by atoms with van der Waals surface area (Å²) < 4.78 is 0. The molecule has 0 fully saturated rings. The summed E-state index contributed by atoms with van der Waals surface area (Å²) in [6.45, 7) is 0. The highest BCUT2D eigenvalue weighted by Gasteiger charge is 2.09. The first kappa shape index (κ1) is 11.3. The van der Waals surface area contributed by atoms with Crippen LogP contribution in [0.15, 0.2) is 30.6 Å². The second kappa shape index (κ2) is 4.75. The quantitative estimate of drug-likeness (QED) is 0.843. The van der Waals surface area contributed by atoms with Crippen molar-refractivity contribution < 1.29 is 9.90 Å². The molecule has 0 aliphatic heterocycles. The number of nitrogens with zero attached hydrogens (tertiary/aromatic N) is 3. The minimum atomic E-state index is -0.431. The number of carbonyl (C=O) groups is 1. The van der Waals surface area contributed by atoms with Gasteiger partial charge in [-0.05, 0) is 18.2 Å². The van der Waals surface area contributed by atoms with Crippen molar-refractivity contribution in [3.05, 3.63) is 41.2 Å². The lowest BCUT2D eigenvalue weighted by Crippen LogP contribution is -2.14. The van der Waals surface area contributed by atoms with E-state index in [4.69, 9.17) is 11.6 Å². The number of aromatic hydroxyl groups is 1. The van der Waals surface area contributed by atoms with Crippen LogP contribution in [-0.4, -0.2) is 26.2 Å². The maximum absolute atomic E-state index is 11.7. The molecule has 0 spiro atoms. The number of phenolic OH excluding ortho intramolecular Hbond substituents is 1. The number of aromatic nitrogens is 3. The van der Waals surface area contributed by atoms with E-state index in [1.807, 2.05) is 0 Å². The molecule has 0 saturated carbocycles. The van der Waals surface area contributed by atoms with Crippen molar-refractivity contribution >= 4 is 23.5 Å². The molecule has 1 aromatic carbocycles. The van der Waals surface area contributed by atoms with Crippen molar-refractivity contribution in [1.82, 2.24) is 15.2 Å². The minimum absolute atomic E-state index is 0.0826. The molecule has 2 N–H and O–H groups in total. The number of amides is 1. The van der Waals surface area contributed by atoms with Crippen molar-refractivity contribution in [2.75, 3.05) is 5.32 Å². The molecule has 17 heavy (non-hydrogen) atoms. The maximum Gasteiger partial charge on any atom is 0.258 e. The van der Waals surface area contributed by atoms with Crippen LogP contribution >= 0.6 is 11.6 Å². The Hall–Kier alpha value is -2.21. The van der Waals surface area contributed by atoms with Crippen LogP contribution in [0.1, 0.15) is 10.4 Å². The van der Waals surface area contributed by atoms with E-state index >= 15 is 0 Å². The zero-order chi connectivity index (χ0) is 12.3. The average molecular weight is 251 g/mol. The molecule has 0 aliphatic rings. The van der Waals surface area contributed by atoms with Gasteiger partial charge in [0.1, 0.15) is 5.75 Å². The number of benzene rings is 1. The molecule has 0 saturated heterocycles. The summed E-state index contributed by atoms with van der Waals surface area (Å²) in [6.07, 6.45) is 2.81. The number of carbonyl (C=O) groups excluding carboxylic acids is 1. The topological polar surface area (TPSA) is 88.0 Å². The summed E-state index contributed by atoms with van der Waals surface area (Å²) in [5.74, 6) is -0.414. The molecule has 0 radical (unpaired) electrons. The summed E-state index contributed by atoms with van der Waals surface area (Å²) >= 11 is 5.69. The molecule has 0 aliphatic carbocycles. The van der Waals surface area contributed by atoms with Gasteiger partial charge in [0, 0.05) is 5.56 Å². The minimum Gasteiger partial charge on any atom is -0.506 e. The standard InChI is InChI=1S/C10H7ClN4O2/c11-7-5-6(1-2-8(7)16)9(17)14-10-12-3-4-13-15-10/h1-5,16H,(H,12,14,15,17). The zero-order valence-corrected chi connectivity index (χ0v) is 9.22. The van der Waals surface area contributed by atoms with Crippen molar-refractivity contribution in [2.45, 2.75) is 0 Å². The van der Waals surface area contributed by atoms with E-state index in [1.165, 1.54) is 30.6 Å². The predicted molar refractivity (Wildman–Crippen MR) is 60.9 cm³/mol. The van der Waals surface area contributed by atoms with E-state index in [0.717, 1.165) is 0 Å². The van der Waals surface area contributed by atoms with E-state index < -0.39 is 5.91 Å². The largest absolute Gasteiger partial charge is 0.506 e. The molecular weight excluding hydrogens is 244 g/mol. The van der Waals surface area contributed by atoms with Gasteiger partial charge in [0.05, 0.1) is 17.4 Å². The number of hydrogen-bond acceptors (Lipinski definition) is 5. The fourth-order valence-corrected chi connectivity index (χ4v) is 1.31. The third-order valence-corrected chi connectivity index (χ3v) is 2.22. The van der Waals surface area contributed by atoms with E-state index in [1.54, 1.807) is 0 Å². The number of phenols is 1. The highest BCUT2D eigenvalue weighted by Crippen LogP contribution is 2.23. The summed E-state index contributed by atoms with van der Waals surface area (Å²) in [6, 6.07) is 4.12. The van der Waals surface area contributed by atoms with Gasteiger partial charge in [-0.25, -0.2) is 4.98 Å². The second-order valence-electron chi connectivity index (χ2n) is 3.09. The highest BCUT2D eigenvalue weighted by atomic mass is 35.5. The lowest BCUT2D eigenvalue weighted by Gasteiger charge is -2.03. The van der Waals surface area contributed by atoms with E-state index in [9.17, 15) is 9.90 Å². The first-order valence-electron chi connectivity index (χ1n) is 4.60. The molecule has 6 nitrogen and oxygen atoms in total. The fraction of sp³-hybridized carbons (Fsp3) is 0. The highest BCUT2D eigenvalue weighted by molar-refractivity contribution is 6.32. The number of halogens is 1. The van der Waals surface area contributed by atoms with Crippen LogP contribution in [0.5, 0.6) is 5.75 Å². The summed E-state index contributed by atoms with van der Waals surface area (Å²) in [5, 5.41) is 18.9. The van der Waals surface area contributed by atoms with Crippen LogP contribution < -0.4 is 5.32 Å². The molecule has 1 heterocycles. The van der Waals surface area contributed by atoms with Gasteiger partial charge in [-0.15, -0.1) is 5.10 Å². The molecular formula is C10H7ClN4O2. The second-order valence-corrected chi connectivity index (χ2v) is 3.49.